The molecule has 0 radical (unpaired) electrons. The molecule has 3 nitrogen and oxygen atoms in total. The van der Waals surface area contributed by atoms with Crippen LogP contribution in [0.15, 0.2) is 24.3 Å². The number of benzene rings is 1. The van der Waals surface area contributed by atoms with Gasteiger partial charge in [0.1, 0.15) is 0 Å². The number of rotatable bonds is 2. The van der Waals surface area contributed by atoms with E-state index in [-0.39, 0.29) is 0 Å². The molecule has 1 aliphatic heterocycles. The van der Waals surface area contributed by atoms with Gasteiger partial charge in [0.2, 0.25) is 0 Å². The highest BCUT2D eigenvalue weighted by atomic mass is 19.4. The summed E-state index contributed by atoms with van der Waals surface area (Å²) in [6, 6.07) is 5.43. The molecule has 0 saturated heterocycles. The molecule has 2 aromatic rings. The van der Waals surface area contributed by atoms with Gasteiger partial charge >= 0.3 is 6.18 Å². The quantitative estimate of drug-likeness (QED) is 0.921. The van der Waals surface area contributed by atoms with Crippen molar-refractivity contribution in [2.75, 3.05) is 6.54 Å². The average Bonchev–Trinajstić information content (AvgIpc) is 3.27. The SMILES string of the molecule is FC(F)(F)c1cccc(-n2nc(C3CC3)c3c2CCNC3)c1. The number of alkyl halides is 3. The fourth-order valence-corrected chi connectivity index (χ4v) is 3.09. The zero-order chi connectivity index (χ0) is 15.3. The van der Waals surface area contributed by atoms with Crippen molar-refractivity contribution in [1.82, 2.24) is 15.1 Å². The lowest BCUT2D eigenvalue weighted by Gasteiger charge is -2.16. The molecule has 2 aliphatic rings. The zero-order valence-electron chi connectivity index (χ0n) is 12.0. The summed E-state index contributed by atoms with van der Waals surface area (Å²) in [5.74, 6) is 0.487. The highest BCUT2D eigenvalue weighted by molar-refractivity contribution is 5.43. The zero-order valence-corrected chi connectivity index (χ0v) is 12.0. The van der Waals surface area contributed by atoms with Crippen LogP contribution in [0.2, 0.25) is 0 Å². The normalized spacial score (nSPS) is 18.3. The number of halogens is 3. The lowest BCUT2D eigenvalue weighted by molar-refractivity contribution is -0.137. The van der Waals surface area contributed by atoms with Gasteiger partial charge < -0.3 is 5.32 Å². The Hall–Kier alpha value is -1.82. The Kier molecular flexibility index (Phi) is 3.04. The Morgan fingerprint density at radius 2 is 2.05 bits per heavy atom. The van der Waals surface area contributed by atoms with Crippen molar-refractivity contribution >= 4 is 0 Å². The standard InChI is InChI=1S/C16H16F3N3/c17-16(18,19)11-2-1-3-12(8-11)22-14-6-7-20-9-13(14)15(21-22)10-4-5-10/h1-3,8,10,20H,4-7,9H2. The average molecular weight is 307 g/mol. The van der Waals surface area contributed by atoms with Crippen LogP contribution in [0, 0.1) is 0 Å². The van der Waals surface area contributed by atoms with Crippen LogP contribution in [0.4, 0.5) is 13.2 Å². The largest absolute Gasteiger partial charge is 0.416 e. The number of hydrogen-bond donors (Lipinski definition) is 1. The van der Waals surface area contributed by atoms with Crippen LogP contribution < -0.4 is 5.32 Å². The molecule has 4 rings (SSSR count). The number of fused-ring (bicyclic) bond motifs is 1. The van der Waals surface area contributed by atoms with E-state index in [1.807, 2.05) is 0 Å². The number of hydrogen-bond acceptors (Lipinski definition) is 2. The third-order valence-electron chi connectivity index (χ3n) is 4.34. The monoisotopic (exact) mass is 307 g/mol. The summed E-state index contributed by atoms with van der Waals surface area (Å²) in [5, 5.41) is 7.99. The topological polar surface area (TPSA) is 29.9 Å². The molecule has 1 saturated carbocycles. The first-order valence-corrected chi connectivity index (χ1v) is 7.53. The lowest BCUT2D eigenvalue weighted by atomic mass is 10.0. The molecule has 1 fully saturated rings. The minimum absolute atomic E-state index is 0.487. The van der Waals surface area contributed by atoms with E-state index in [9.17, 15) is 13.2 Å². The van der Waals surface area contributed by atoms with E-state index >= 15 is 0 Å². The molecule has 1 aliphatic carbocycles. The number of nitrogens with zero attached hydrogens (tertiary/aromatic N) is 2. The van der Waals surface area contributed by atoms with E-state index in [4.69, 9.17) is 0 Å². The second kappa shape index (κ2) is 4.84. The van der Waals surface area contributed by atoms with E-state index in [0.717, 1.165) is 49.8 Å². The van der Waals surface area contributed by atoms with Gasteiger partial charge in [-0.15, -0.1) is 0 Å². The van der Waals surface area contributed by atoms with Crippen LogP contribution >= 0.6 is 0 Å². The number of nitrogens with one attached hydrogen (secondary N) is 1. The molecular formula is C16H16F3N3. The van der Waals surface area contributed by atoms with Gasteiger partial charge in [-0.1, -0.05) is 6.07 Å². The van der Waals surface area contributed by atoms with Crippen molar-refractivity contribution in [3.8, 4) is 5.69 Å². The molecular weight excluding hydrogens is 291 g/mol. The van der Waals surface area contributed by atoms with Crippen LogP contribution in [-0.2, 0) is 19.1 Å². The fraction of sp³-hybridized carbons (Fsp3) is 0.438. The highest BCUT2D eigenvalue weighted by Crippen LogP contribution is 2.42. The third-order valence-corrected chi connectivity index (χ3v) is 4.34. The molecule has 0 amide bonds. The van der Waals surface area contributed by atoms with Crippen LogP contribution in [0.25, 0.3) is 5.69 Å². The number of aromatic nitrogens is 2. The summed E-state index contributed by atoms with van der Waals surface area (Å²) in [6.07, 6.45) is -1.27. The van der Waals surface area contributed by atoms with Gasteiger partial charge in [-0.05, 0) is 31.0 Å². The van der Waals surface area contributed by atoms with Gasteiger partial charge in [-0.2, -0.15) is 18.3 Å². The Labute approximate surface area is 126 Å². The lowest BCUT2D eigenvalue weighted by Crippen LogP contribution is -2.25. The Bertz CT molecular complexity index is 714. The van der Waals surface area contributed by atoms with E-state index in [2.05, 4.69) is 10.4 Å². The molecule has 0 bridgehead atoms. The van der Waals surface area contributed by atoms with Crippen molar-refractivity contribution in [1.29, 1.82) is 0 Å². The Balaban J connectivity index is 1.83. The summed E-state index contributed by atoms with van der Waals surface area (Å²) in [6.45, 7) is 1.60. The molecule has 6 heteroatoms. The van der Waals surface area contributed by atoms with Gasteiger partial charge in [-0.25, -0.2) is 4.68 Å². The van der Waals surface area contributed by atoms with E-state index in [1.165, 1.54) is 17.7 Å². The first-order valence-electron chi connectivity index (χ1n) is 7.53. The van der Waals surface area contributed by atoms with Gasteiger partial charge in [0.15, 0.2) is 0 Å². The smallest absolute Gasteiger partial charge is 0.312 e. The van der Waals surface area contributed by atoms with Gasteiger partial charge in [0, 0.05) is 31.0 Å². The van der Waals surface area contributed by atoms with E-state index in [0.29, 0.717) is 11.6 Å². The summed E-state index contributed by atoms with van der Waals surface area (Å²) >= 11 is 0. The minimum atomic E-state index is -4.33. The molecule has 1 N–H and O–H groups in total. The van der Waals surface area contributed by atoms with Crippen molar-refractivity contribution in [2.24, 2.45) is 0 Å². The third kappa shape index (κ3) is 2.31. The van der Waals surface area contributed by atoms with Gasteiger partial charge in [-0.3, -0.25) is 0 Å². The summed E-state index contributed by atoms with van der Waals surface area (Å²) in [5.41, 5.74) is 3.18. The fourth-order valence-electron chi connectivity index (χ4n) is 3.09. The molecule has 1 aromatic heterocycles. The maximum atomic E-state index is 12.9. The second-order valence-corrected chi connectivity index (χ2v) is 5.97. The molecule has 1 aromatic carbocycles. The van der Waals surface area contributed by atoms with Crippen molar-refractivity contribution in [3.05, 3.63) is 46.8 Å². The van der Waals surface area contributed by atoms with Gasteiger partial charge in [0.05, 0.1) is 22.6 Å². The minimum Gasteiger partial charge on any atom is -0.312 e. The van der Waals surface area contributed by atoms with Crippen LogP contribution in [0.5, 0.6) is 0 Å². The van der Waals surface area contributed by atoms with E-state index in [1.54, 1.807) is 10.7 Å². The molecule has 2 heterocycles. The molecule has 116 valence electrons. The van der Waals surface area contributed by atoms with Gasteiger partial charge in [0.25, 0.3) is 0 Å². The summed E-state index contributed by atoms with van der Waals surface area (Å²) in [4.78, 5) is 0. The van der Waals surface area contributed by atoms with E-state index < -0.39 is 11.7 Å². The van der Waals surface area contributed by atoms with Crippen LogP contribution in [0.1, 0.15) is 41.3 Å². The first kappa shape index (κ1) is 13.8. The summed E-state index contributed by atoms with van der Waals surface area (Å²) in [7, 11) is 0. The predicted octanol–water partition coefficient (Wildman–Crippen LogP) is 3.41. The van der Waals surface area contributed by atoms with Crippen molar-refractivity contribution < 1.29 is 13.2 Å². The Morgan fingerprint density at radius 1 is 1.23 bits per heavy atom. The van der Waals surface area contributed by atoms with Crippen LogP contribution in [0.3, 0.4) is 0 Å². The van der Waals surface area contributed by atoms with Crippen molar-refractivity contribution in [3.63, 3.8) is 0 Å². The molecule has 0 atom stereocenters. The first-order chi connectivity index (χ1) is 10.5. The van der Waals surface area contributed by atoms with Crippen molar-refractivity contribution in [2.45, 2.75) is 37.9 Å². The molecule has 0 spiro atoms. The highest BCUT2D eigenvalue weighted by Gasteiger charge is 2.34. The maximum Gasteiger partial charge on any atom is 0.416 e. The molecule has 0 unspecified atom stereocenters. The van der Waals surface area contributed by atoms with Crippen LogP contribution in [-0.4, -0.2) is 16.3 Å². The predicted molar refractivity (Wildman–Crippen MR) is 76.0 cm³/mol. The Morgan fingerprint density at radius 3 is 2.77 bits per heavy atom. The molecule has 22 heavy (non-hydrogen) atoms. The second-order valence-electron chi connectivity index (χ2n) is 5.97. The maximum absolute atomic E-state index is 12.9. The summed E-state index contributed by atoms with van der Waals surface area (Å²) < 4.78 is 40.5.